The van der Waals surface area contributed by atoms with Crippen LogP contribution in [0.25, 0.3) is 0 Å². The Morgan fingerprint density at radius 1 is 1.05 bits per heavy atom. The number of hydrogen-bond donors (Lipinski definition) is 1. The van der Waals surface area contributed by atoms with Crippen LogP contribution in [0.15, 0.2) is 70.9 Å². The van der Waals surface area contributed by atoms with Crippen molar-refractivity contribution in [3.8, 4) is 0 Å². The standard InChI is InChI=1S/C32H48N2O4S/c1-5-7-9-10-11-12-13-14-15-19-23-28(22-8-6-2)29(31(36)37)24-30(35)34(26-32(3,4)39-33-38)25-27-20-17-16-18-21-27/h6,8,16-23,29H,5,7,9-15,24-26H2,1-4H3,(H,36,37)/b8-6+,23-19+,28-22-. The van der Waals surface area contributed by atoms with Crippen molar-refractivity contribution in [3.05, 3.63) is 76.8 Å². The van der Waals surface area contributed by atoms with Crippen molar-refractivity contribution >= 4 is 23.8 Å². The zero-order valence-electron chi connectivity index (χ0n) is 24.3. The van der Waals surface area contributed by atoms with Gasteiger partial charge in [0.05, 0.1) is 10.7 Å². The monoisotopic (exact) mass is 556 g/mol. The van der Waals surface area contributed by atoms with Crippen molar-refractivity contribution in [3.63, 3.8) is 0 Å². The van der Waals surface area contributed by atoms with Crippen LogP contribution in [-0.2, 0) is 16.1 Å². The number of carbonyl (C=O) groups excluding carboxylic acids is 1. The summed E-state index contributed by atoms with van der Waals surface area (Å²) < 4.78 is 2.36. The predicted octanol–water partition coefficient (Wildman–Crippen LogP) is 8.89. The molecule has 0 fully saturated rings. The van der Waals surface area contributed by atoms with Crippen LogP contribution in [0.2, 0.25) is 0 Å². The summed E-state index contributed by atoms with van der Waals surface area (Å²) in [6.45, 7) is 8.41. The Hall–Kier alpha value is -2.67. The smallest absolute Gasteiger partial charge is 0.311 e. The van der Waals surface area contributed by atoms with E-state index < -0.39 is 16.6 Å². The first kappa shape index (κ1) is 34.4. The molecule has 0 saturated heterocycles. The second-order valence-corrected chi connectivity index (χ2v) is 12.1. The van der Waals surface area contributed by atoms with Gasteiger partial charge < -0.3 is 10.0 Å². The highest BCUT2D eigenvalue weighted by atomic mass is 32.2. The molecular weight excluding hydrogens is 508 g/mol. The molecule has 0 heterocycles. The van der Waals surface area contributed by atoms with Crippen LogP contribution in [0.3, 0.4) is 0 Å². The first-order valence-corrected chi connectivity index (χ1v) is 15.1. The van der Waals surface area contributed by atoms with Gasteiger partial charge in [0.1, 0.15) is 0 Å². The molecule has 0 bridgehead atoms. The topological polar surface area (TPSA) is 87.0 Å². The zero-order chi connectivity index (χ0) is 28.9. The first-order chi connectivity index (χ1) is 18.7. The molecule has 1 atom stereocenters. The van der Waals surface area contributed by atoms with E-state index in [0.29, 0.717) is 12.1 Å². The zero-order valence-corrected chi connectivity index (χ0v) is 25.1. The van der Waals surface area contributed by atoms with Crippen molar-refractivity contribution in [1.82, 2.24) is 4.90 Å². The van der Waals surface area contributed by atoms with Gasteiger partial charge in [-0.2, -0.15) is 0 Å². The minimum atomic E-state index is -1.03. The Morgan fingerprint density at radius 3 is 2.28 bits per heavy atom. The molecule has 7 heteroatoms. The van der Waals surface area contributed by atoms with E-state index >= 15 is 0 Å². The van der Waals surface area contributed by atoms with E-state index in [1.165, 1.54) is 44.9 Å². The second kappa shape index (κ2) is 20.3. The number of allylic oxidation sites excluding steroid dienone is 5. The average Bonchev–Trinajstić information content (AvgIpc) is 2.90. The number of hydrogen-bond acceptors (Lipinski definition) is 5. The molecular formula is C32H48N2O4S. The van der Waals surface area contributed by atoms with Crippen molar-refractivity contribution in [1.29, 1.82) is 0 Å². The van der Waals surface area contributed by atoms with Gasteiger partial charge >= 0.3 is 5.97 Å². The molecule has 0 saturated carbocycles. The highest BCUT2D eigenvalue weighted by molar-refractivity contribution is 7.99. The summed E-state index contributed by atoms with van der Waals surface area (Å²) in [6, 6.07) is 9.57. The van der Waals surface area contributed by atoms with E-state index in [9.17, 15) is 19.6 Å². The molecule has 1 aromatic rings. The van der Waals surface area contributed by atoms with E-state index in [1.54, 1.807) is 11.0 Å². The van der Waals surface area contributed by atoms with Gasteiger partial charge in [-0.15, -0.1) is 4.91 Å². The lowest BCUT2D eigenvalue weighted by Gasteiger charge is -2.31. The maximum atomic E-state index is 13.5. The van der Waals surface area contributed by atoms with Crippen molar-refractivity contribution in [2.45, 2.75) is 103 Å². The molecule has 39 heavy (non-hydrogen) atoms. The Kier molecular flexibility index (Phi) is 17.9. The largest absolute Gasteiger partial charge is 0.481 e. The molecule has 1 amide bonds. The number of carboxylic acids is 1. The van der Waals surface area contributed by atoms with Gasteiger partial charge in [-0.25, -0.2) is 0 Å². The quantitative estimate of drug-likeness (QED) is 0.0707. The van der Waals surface area contributed by atoms with E-state index in [-0.39, 0.29) is 18.9 Å². The van der Waals surface area contributed by atoms with Gasteiger partial charge in [0.15, 0.2) is 0 Å². The highest BCUT2D eigenvalue weighted by Gasteiger charge is 2.31. The molecule has 1 rings (SSSR count). The number of nitrogens with zero attached hydrogens (tertiary/aromatic N) is 2. The summed E-state index contributed by atoms with van der Waals surface area (Å²) in [5.74, 6) is -2.27. The number of benzene rings is 1. The third kappa shape index (κ3) is 15.5. The predicted molar refractivity (Wildman–Crippen MR) is 164 cm³/mol. The van der Waals surface area contributed by atoms with E-state index in [0.717, 1.165) is 30.4 Å². The van der Waals surface area contributed by atoms with Gasteiger partial charge in [-0.1, -0.05) is 113 Å². The molecule has 1 unspecified atom stereocenters. The van der Waals surface area contributed by atoms with Crippen molar-refractivity contribution in [2.75, 3.05) is 6.54 Å². The molecule has 1 N–H and O–H groups in total. The lowest BCUT2D eigenvalue weighted by atomic mass is 9.93. The third-order valence-electron chi connectivity index (χ3n) is 6.52. The number of nitroso groups, excluding NO2 is 1. The summed E-state index contributed by atoms with van der Waals surface area (Å²) in [5, 5.41) is 10.1. The Bertz CT molecular complexity index is 941. The Balaban J connectivity index is 2.93. The fourth-order valence-electron chi connectivity index (χ4n) is 4.39. The van der Waals surface area contributed by atoms with Crippen LogP contribution < -0.4 is 0 Å². The summed E-state index contributed by atoms with van der Waals surface area (Å²) in [6.07, 6.45) is 20.0. The van der Waals surface area contributed by atoms with Crippen LogP contribution in [0.4, 0.5) is 0 Å². The fraction of sp³-hybridized carbons (Fsp3) is 0.562. The fourth-order valence-corrected chi connectivity index (χ4v) is 4.80. The minimum Gasteiger partial charge on any atom is -0.481 e. The lowest BCUT2D eigenvalue weighted by Crippen LogP contribution is -2.41. The Morgan fingerprint density at radius 2 is 1.69 bits per heavy atom. The normalized spacial score (nSPS) is 13.2. The second-order valence-electron chi connectivity index (χ2n) is 10.6. The highest BCUT2D eigenvalue weighted by Crippen LogP contribution is 2.28. The number of aliphatic carboxylic acids is 1. The van der Waals surface area contributed by atoms with E-state index in [2.05, 4.69) is 11.5 Å². The molecule has 0 spiro atoms. The van der Waals surface area contributed by atoms with Crippen LogP contribution in [0, 0.1) is 10.8 Å². The first-order valence-electron chi connectivity index (χ1n) is 14.3. The van der Waals surface area contributed by atoms with Gasteiger partial charge in [-0.3, -0.25) is 9.59 Å². The molecule has 0 aromatic heterocycles. The number of amides is 1. The van der Waals surface area contributed by atoms with Gasteiger partial charge in [0.2, 0.25) is 5.91 Å². The minimum absolute atomic E-state index is 0.164. The van der Waals surface area contributed by atoms with Crippen molar-refractivity contribution < 1.29 is 14.7 Å². The molecule has 216 valence electrons. The molecule has 0 aliphatic rings. The van der Waals surface area contributed by atoms with E-state index in [1.807, 2.05) is 75.4 Å². The SMILES string of the molecule is C/C=C/C=C(/C=C/CCCCCCCCCC)C(CC(=O)N(Cc1ccccc1)CC(C)(C)SN=O)C(=O)O. The Labute approximate surface area is 240 Å². The number of unbranched alkanes of at least 4 members (excludes halogenated alkanes) is 8. The van der Waals surface area contributed by atoms with Crippen molar-refractivity contribution in [2.24, 2.45) is 10.5 Å². The van der Waals surface area contributed by atoms with Gasteiger partial charge in [0.25, 0.3) is 0 Å². The number of carbonyl (C=O) groups is 2. The summed E-state index contributed by atoms with van der Waals surface area (Å²) >= 11 is 0.884. The lowest BCUT2D eigenvalue weighted by molar-refractivity contribution is -0.144. The van der Waals surface area contributed by atoms with Crippen LogP contribution in [-0.4, -0.2) is 33.2 Å². The van der Waals surface area contributed by atoms with Gasteiger partial charge in [0, 0.05) is 36.0 Å². The maximum Gasteiger partial charge on any atom is 0.311 e. The molecule has 0 radical (unpaired) electrons. The van der Waals surface area contributed by atoms with Crippen LogP contribution in [0.1, 0.15) is 97.5 Å². The molecule has 0 aliphatic carbocycles. The summed E-state index contributed by atoms with van der Waals surface area (Å²) in [5.41, 5.74) is 1.55. The molecule has 1 aromatic carbocycles. The van der Waals surface area contributed by atoms with Gasteiger partial charge in [-0.05, 0) is 44.7 Å². The number of carboxylic acid groups (broad SMARTS) is 1. The van der Waals surface area contributed by atoms with Crippen LogP contribution in [0.5, 0.6) is 0 Å². The molecule has 6 nitrogen and oxygen atoms in total. The average molecular weight is 557 g/mol. The summed E-state index contributed by atoms with van der Waals surface area (Å²) in [7, 11) is 0. The van der Waals surface area contributed by atoms with Crippen LogP contribution >= 0.6 is 11.9 Å². The third-order valence-corrected chi connectivity index (χ3v) is 7.22. The number of rotatable bonds is 21. The molecule has 0 aliphatic heterocycles. The summed E-state index contributed by atoms with van der Waals surface area (Å²) in [4.78, 5) is 38.5. The maximum absolute atomic E-state index is 13.5. The van der Waals surface area contributed by atoms with E-state index in [4.69, 9.17) is 0 Å².